The number of carbonyl (C=O) groups is 1. The minimum Gasteiger partial charge on any atom is -0.336 e. The van der Waals surface area contributed by atoms with Gasteiger partial charge < -0.3 is 9.47 Å². The number of pyridine rings is 1. The van der Waals surface area contributed by atoms with Crippen LogP contribution in [0.15, 0.2) is 53.5 Å². The first-order valence-corrected chi connectivity index (χ1v) is 7.14. The quantitative estimate of drug-likeness (QED) is 0.850. The number of aromatic nitrogens is 1. The van der Waals surface area contributed by atoms with Crippen molar-refractivity contribution in [2.75, 3.05) is 13.6 Å². The Hall–Kier alpha value is -2.50. The van der Waals surface area contributed by atoms with Gasteiger partial charge in [-0.3, -0.25) is 9.59 Å². The highest BCUT2D eigenvalue weighted by molar-refractivity contribution is 5.94. The van der Waals surface area contributed by atoms with Crippen molar-refractivity contribution in [1.82, 2.24) is 9.47 Å². The van der Waals surface area contributed by atoms with E-state index in [-0.39, 0.29) is 5.56 Å². The Bertz CT molecular complexity index is 733. The summed E-state index contributed by atoms with van der Waals surface area (Å²) in [5.74, 6) is -3.39. The average molecular weight is 320 g/mol. The minimum atomic E-state index is -2.93. The number of rotatable bonds is 5. The summed E-state index contributed by atoms with van der Waals surface area (Å²) in [5.41, 5.74) is 1.07. The van der Waals surface area contributed by atoms with Crippen LogP contribution in [-0.4, -0.2) is 34.9 Å². The maximum atomic E-state index is 13.0. The summed E-state index contributed by atoms with van der Waals surface area (Å²) in [6, 6.07) is 11.5. The van der Waals surface area contributed by atoms with Crippen LogP contribution in [0.4, 0.5) is 8.78 Å². The van der Waals surface area contributed by atoms with Gasteiger partial charge in [0.15, 0.2) is 0 Å². The van der Waals surface area contributed by atoms with Crippen molar-refractivity contribution in [2.24, 2.45) is 0 Å². The Kier molecular flexibility index (Phi) is 4.93. The van der Waals surface area contributed by atoms with E-state index in [0.29, 0.717) is 12.1 Å². The maximum absolute atomic E-state index is 13.0. The largest absolute Gasteiger partial charge is 0.336 e. The van der Waals surface area contributed by atoms with E-state index in [4.69, 9.17) is 0 Å². The molecule has 0 aliphatic carbocycles. The number of amides is 1. The Morgan fingerprint density at radius 2 is 1.83 bits per heavy atom. The second-order valence-corrected chi connectivity index (χ2v) is 5.60. The lowest BCUT2D eigenvalue weighted by Gasteiger charge is -2.21. The fourth-order valence-electron chi connectivity index (χ4n) is 2.25. The van der Waals surface area contributed by atoms with Gasteiger partial charge in [0.1, 0.15) is 0 Å². The van der Waals surface area contributed by atoms with E-state index in [1.807, 2.05) is 0 Å². The van der Waals surface area contributed by atoms with Crippen molar-refractivity contribution >= 4 is 5.91 Å². The van der Waals surface area contributed by atoms with Gasteiger partial charge in [-0.1, -0.05) is 18.2 Å². The molecule has 0 N–H and O–H groups in total. The summed E-state index contributed by atoms with van der Waals surface area (Å²) >= 11 is 0. The Morgan fingerprint density at radius 3 is 2.39 bits per heavy atom. The number of hydrogen-bond acceptors (Lipinski definition) is 2. The predicted octanol–water partition coefficient (Wildman–Crippen LogP) is 2.62. The SMILES string of the molecule is CN(CC(C)(F)F)C(=O)c1ccc(Cn2ccccc2=O)cc1. The van der Waals surface area contributed by atoms with Crippen LogP contribution in [0, 0.1) is 0 Å². The van der Waals surface area contributed by atoms with E-state index >= 15 is 0 Å². The lowest BCUT2D eigenvalue weighted by molar-refractivity contribution is -0.00556. The highest BCUT2D eigenvalue weighted by Crippen LogP contribution is 2.15. The van der Waals surface area contributed by atoms with Gasteiger partial charge in [-0.25, -0.2) is 8.78 Å². The molecule has 0 aliphatic heterocycles. The summed E-state index contributed by atoms with van der Waals surface area (Å²) in [6.45, 7) is 0.529. The molecule has 6 heteroatoms. The van der Waals surface area contributed by atoms with Gasteiger partial charge in [0.25, 0.3) is 17.4 Å². The summed E-state index contributed by atoms with van der Waals surface area (Å²) < 4.78 is 27.5. The number of halogens is 2. The van der Waals surface area contributed by atoms with Gasteiger partial charge in [-0.05, 0) is 23.8 Å². The van der Waals surface area contributed by atoms with E-state index in [1.54, 1.807) is 47.2 Å². The maximum Gasteiger partial charge on any atom is 0.262 e. The molecule has 1 amide bonds. The molecule has 0 bridgehead atoms. The molecule has 0 saturated carbocycles. The molecule has 0 spiro atoms. The number of carbonyl (C=O) groups excluding carboxylic acids is 1. The minimum absolute atomic E-state index is 0.113. The Morgan fingerprint density at radius 1 is 1.17 bits per heavy atom. The van der Waals surface area contributed by atoms with Gasteiger partial charge in [-0.15, -0.1) is 0 Å². The first-order valence-electron chi connectivity index (χ1n) is 7.14. The molecule has 0 radical (unpaired) electrons. The van der Waals surface area contributed by atoms with Crippen molar-refractivity contribution < 1.29 is 13.6 Å². The van der Waals surface area contributed by atoms with Gasteiger partial charge in [-0.2, -0.15) is 0 Å². The van der Waals surface area contributed by atoms with Gasteiger partial charge in [0, 0.05) is 31.8 Å². The fourth-order valence-corrected chi connectivity index (χ4v) is 2.25. The van der Waals surface area contributed by atoms with E-state index in [2.05, 4.69) is 0 Å². The molecule has 0 aliphatic rings. The monoisotopic (exact) mass is 320 g/mol. The molecular formula is C17H18F2N2O2. The van der Waals surface area contributed by atoms with Crippen LogP contribution in [0.1, 0.15) is 22.8 Å². The van der Waals surface area contributed by atoms with Crippen LogP contribution in [0.2, 0.25) is 0 Å². The third-order valence-corrected chi connectivity index (χ3v) is 3.31. The van der Waals surface area contributed by atoms with E-state index in [9.17, 15) is 18.4 Å². The van der Waals surface area contributed by atoms with Crippen molar-refractivity contribution in [2.45, 2.75) is 19.4 Å². The molecule has 0 unspecified atom stereocenters. The molecule has 2 rings (SSSR count). The molecule has 0 fully saturated rings. The highest BCUT2D eigenvalue weighted by atomic mass is 19.3. The standard InChI is InChI=1S/C17H18F2N2O2/c1-17(18,19)12-20(2)16(23)14-8-6-13(7-9-14)11-21-10-4-3-5-15(21)22/h3-10H,11-12H2,1-2H3. The summed E-state index contributed by atoms with van der Waals surface area (Å²) in [7, 11) is 1.34. The molecule has 1 aromatic heterocycles. The van der Waals surface area contributed by atoms with Crippen LogP contribution < -0.4 is 5.56 Å². The van der Waals surface area contributed by atoms with Crippen LogP contribution in [0.3, 0.4) is 0 Å². The Labute approximate surface area is 133 Å². The van der Waals surface area contributed by atoms with Crippen LogP contribution >= 0.6 is 0 Å². The summed E-state index contributed by atoms with van der Waals surface area (Å²) in [5, 5.41) is 0. The van der Waals surface area contributed by atoms with Crippen LogP contribution in [0.5, 0.6) is 0 Å². The smallest absolute Gasteiger partial charge is 0.262 e. The second kappa shape index (κ2) is 6.73. The van der Waals surface area contributed by atoms with Crippen LogP contribution in [-0.2, 0) is 6.54 Å². The first-order chi connectivity index (χ1) is 10.8. The van der Waals surface area contributed by atoms with Crippen molar-refractivity contribution in [3.05, 3.63) is 70.1 Å². The predicted molar refractivity (Wildman–Crippen MR) is 83.8 cm³/mol. The first kappa shape index (κ1) is 16.9. The van der Waals surface area contributed by atoms with Gasteiger partial charge >= 0.3 is 0 Å². The molecule has 0 atom stereocenters. The zero-order chi connectivity index (χ0) is 17.0. The summed E-state index contributed by atoms with van der Waals surface area (Å²) in [6.07, 6.45) is 1.68. The number of hydrogen-bond donors (Lipinski definition) is 0. The zero-order valence-corrected chi connectivity index (χ0v) is 13.0. The molecule has 1 heterocycles. The molecule has 2 aromatic rings. The zero-order valence-electron chi connectivity index (χ0n) is 13.0. The second-order valence-electron chi connectivity index (χ2n) is 5.60. The van der Waals surface area contributed by atoms with Crippen molar-refractivity contribution in [1.29, 1.82) is 0 Å². The molecule has 23 heavy (non-hydrogen) atoms. The lowest BCUT2D eigenvalue weighted by Crippen LogP contribution is -2.36. The summed E-state index contributed by atoms with van der Waals surface area (Å²) in [4.78, 5) is 24.7. The molecule has 4 nitrogen and oxygen atoms in total. The van der Waals surface area contributed by atoms with E-state index < -0.39 is 18.4 Å². The molecule has 1 aromatic carbocycles. The molecule has 0 saturated heterocycles. The van der Waals surface area contributed by atoms with E-state index in [1.165, 1.54) is 13.1 Å². The number of benzene rings is 1. The van der Waals surface area contributed by atoms with Gasteiger partial charge in [0.2, 0.25) is 0 Å². The molecular weight excluding hydrogens is 302 g/mol. The average Bonchev–Trinajstić information content (AvgIpc) is 2.48. The van der Waals surface area contributed by atoms with Gasteiger partial charge in [0.05, 0.1) is 13.1 Å². The fraction of sp³-hybridized carbons (Fsp3) is 0.294. The third-order valence-electron chi connectivity index (χ3n) is 3.31. The highest BCUT2D eigenvalue weighted by Gasteiger charge is 2.26. The van der Waals surface area contributed by atoms with Crippen molar-refractivity contribution in [3.8, 4) is 0 Å². The van der Waals surface area contributed by atoms with E-state index in [0.717, 1.165) is 17.4 Å². The normalized spacial score (nSPS) is 11.3. The lowest BCUT2D eigenvalue weighted by atomic mass is 10.1. The van der Waals surface area contributed by atoms with Crippen LogP contribution in [0.25, 0.3) is 0 Å². The molecule has 122 valence electrons. The number of alkyl halides is 2. The van der Waals surface area contributed by atoms with Crippen molar-refractivity contribution in [3.63, 3.8) is 0 Å². The number of nitrogens with zero attached hydrogens (tertiary/aromatic N) is 2. The Balaban J connectivity index is 2.09. The third kappa shape index (κ3) is 4.74. The topological polar surface area (TPSA) is 42.3 Å².